The Bertz CT molecular complexity index is 97.0. The summed E-state index contributed by atoms with van der Waals surface area (Å²) < 4.78 is 0. The second-order valence-corrected chi connectivity index (χ2v) is 2.29. The number of Topliss-reactive ketones (excluding diaryl/α,β-unsaturated/α-hetero) is 1. The van der Waals surface area contributed by atoms with Crippen molar-refractivity contribution in [2.75, 3.05) is 5.75 Å². The third kappa shape index (κ3) is 3.51. The molecule has 0 aromatic heterocycles. The molecule has 0 rings (SSSR count). The van der Waals surface area contributed by atoms with E-state index in [0.717, 1.165) is 0 Å². The molecule has 0 heterocycles. The van der Waals surface area contributed by atoms with Crippen molar-refractivity contribution in [3.8, 4) is 0 Å². The molecule has 3 N–H and O–H groups in total. The van der Waals surface area contributed by atoms with E-state index >= 15 is 0 Å². The third-order valence-electron chi connectivity index (χ3n) is 1.11. The molecule has 0 aliphatic rings. The Morgan fingerprint density at radius 2 is 2.44 bits per heavy atom. The van der Waals surface area contributed by atoms with Gasteiger partial charge in [0.05, 0.1) is 6.04 Å². The zero-order chi connectivity index (χ0) is 7.28. The lowest BCUT2D eigenvalue weighted by Crippen LogP contribution is -2.40. The van der Waals surface area contributed by atoms with E-state index in [1.807, 2.05) is 0 Å². The summed E-state index contributed by atoms with van der Waals surface area (Å²) in [5.41, 5.74) is 2.40. The molecule has 0 saturated heterocycles. The lowest BCUT2D eigenvalue weighted by atomic mass is 10.2. The molecular weight excluding hydrogens is 136 g/mol. The average Bonchev–Trinajstić information content (AvgIpc) is 1.82. The maximum absolute atomic E-state index is 10.6. The molecule has 0 bridgehead atoms. The van der Waals surface area contributed by atoms with Crippen LogP contribution in [0.3, 0.4) is 0 Å². The summed E-state index contributed by atoms with van der Waals surface area (Å²) in [6.45, 7) is 1.51. The molecule has 3 nitrogen and oxygen atoms in total. The Balaban J connectivity index is 3.54. The first-order chi connectivity index (χ1) is 4.22. The highest BCUT2D eigenvalue weighted by Gasteiger charge is 2.08. The number of nitrogens with one attached hydrogen (secondary N) is 1. The van der Waals surface area contributed by atoms with E-state index in [1.165, 1.54) is 6.92 Å². The zero-order valence-corrected chi connectivity index (χ0v) is 6.32. The van der Waals surface area contributed by atoms with Gasteiger partial charge in [-0.25, -0.2) is 5.43 Å². The molecule has 0 aromatic carbocycles. The number of thiol groups is 1. The van der Waals surface area contributed by atoms with Gasteiger partial charge >= 0.3 is 0 Å². The smallest absolute Gasteiger partial charge is 0.148 e. The number of nitrogens with two attached hydrogens (primary N) is 1. The topological polar surface area (TPSA) is 55.1 Å². The fourth-order valence-electron chi connectivity index (χ4n) is 0.533. The second kappa shape index (κ2) is 4.78. The minimum atomic E-state index is -0.220. The summed E-state index contributed by atoms with van der Waals surface area (Å²) in [7, 11) is 0. The predicted octanol–water partition coefficient (Wildman–Crippen LogP) is -0.273. The standard InChI is InChI=1S/C5H12N2OS/c1-4(8)5(7-6)2-3-9/h5,7,9H,2-3,6H2,1H3. The summed E-state index contributed by atoms with van der Waals surface area (Å²) in [5, 5.41) is 0. The lowest BCUT2D eigenvalue weighted by molar-refractivity contribution is -0.119. The number of ketones is 1. The van der Waals surface area contributed by atoms with Crippen molar-refractivity contribution in [2.45, 2.75) is 19.4 Å². The number of hydrazine groups is 1. The van der Waals surface area contributed by atoms with E-state index in [2.05, 4.69) is 18.1 Å². The normalized spacial score (nSPS) is 13.2. The van der Waals surface area contributed by atoms with Crippen molar-refractivity contribution in [1.29, 1.82) is 0 Å². The summed E-state index contributed by atoms with van der Waals surface area (Å²) in [6, 6.07) is -0.220. The number of carbonyl (C=O) groups excluding carboxylic acids is 1. The van der Waals surface area contributed by atoms with Gasteiger partial charge in [-0.15, -0.1) is 0 Å². The molecule has 1 unspecified atom stereocenters. The highest BCUT2D eigenvalue weighted by molar-refractivity contribution is 7.80. The lowest BCUT2D eigenvalue weighted by Gasteiger charge is -2.08. The Morgan fingerprint density at radius 3 is 2.56 bits per heavy atom. The Kier molecular flexibility index (Phi) is 4.75. The highest BCUT2D eigenvalue weighted by Crippen LogP contribution is 1.92. The van der Waals surface area contributed by atoms with Crippen LogP contribution in [-0.4, -0.2) is 17.6 Å². The molecule has 0 radical (unpaired) electrons. The molecule has 4 heteroatoms. The van der Waals surface area contributed by atoms with Gasteiger partial charge in [0, 0.05) is 0 Å². The third-order valence-corrected chi connectivity index (χ3v) is 1.37. The highest BCUT2D eigenvalue weighted by atomic mass is 32.1. The molecule has 54 valence electrons. The minimum absolute atomic E-state index is 0.0616. The van der Waals surface area contributed by atoms with E-state index in [4.69, 9.17) is 5.84 Å². The van der Waals surface area contributed by atoms with Gasteiger partial charge in [0.15, 0.2) is 0 Å². The molecule has 0 saturated carbocycles. The van der Waals surface area contributed by atoms with E-state index < -0.39 is 0 Å². The van der Waals surface area contributed by atoms with Gasteiger partial charge in [-0.3, -0.25) is 10.6 Å². The zero-order valence-electron chi connectivity index (χ0n) is 5.42. The Hall–Kier alpha value is -0.0600. The van der Waals surface area contributed by atoms with Gasteiger partial charge in [0.25, 0.3) is 0 Å². The van der Waals surface area contributed by atoms with Crippen LogP contribution < -0.4 is 11.3 Å². The van der Waals surface area contributed by atoms with Gasteiger partial charge in [0.2, 0.25) is 0 Å². The summed E-state index contributed by atoms with van der Waals surface area (Å²) in [5.74, 6) is 5.79. The van der Waals surface area contributed by atoms with Crippen molar-refractivity contribution in [3.05, 3.63) is 0 Å². The first kappa shape index (κ1) is 8.94. The van der Waals surface area contributed by atoms with Crippen molar-refractivity contribution < 1.29 is 4.79 Å². The van der Waals surface area contributed by atoms with Gasteiger partial charge < -0.3 is 0 Å². The van der Waals surface area contributed by atoms with Crippen LogP contribution in [-0.2, 0) is 4.79 Å². The van der Waals surface area contributed by atoms with Crippen molar-refractivity contribution in [2.24, 2.45) is 5.84 Å². The fourth-order valence-corrected chi connectivity index (χ4v) is 0.791. The van der Waals surface area contributed by atoms with Crippen LogP contribution in [0.25, 0.3) is 0 Å². The van der Waals surface area contributed by atoms with Gasteiger partial charge in [-0.2, -0.15) is 12.6 Å². The van der Waals surface area contributed by atoms with E-state index in [0.29, 0.717) is 12.2 Å². The fraction of sp³-hybridized carbons (Fsp3) is 0.800. The number of hydrogen-bond donors (Lipinski definition) is 3. The summed E-state index contributed by atoms with van der Waals surface area (Å²) >= 11 is 3.96. The maximum atomic E-state index is 10.6. The monoisotopic (exact) mass is 148 g/mol. The summed E-state index contributed by atoms with van der Waals surface area (Å²) in [6.07, 6.45) is 0.689. The van der Waals surface area contributed by atoms with Crippen molar-refractivity contribution >= 4 is 18.4 Å². The van der Waals surface area contributed by atoms with E-state index in [-0.39, 0.29) is 11.8 Å². The Morgan fingerprint density at radius 1 is 1.89 bits per heavy atom. The quantitative estimate of drug-likeness (QED) is 0.292. The number of carbonyl (C=O) groups is 1. The molecular formula is C5H12N2OS. The molecule has 1 atom stereocenters. The van der Waals surface area contributed by atoms with Crippen LogP contribution in [0.4, 0.5) is 0 Å². The molecule has 0 aliphatic carbocycles. The van der Waals surface area contributed by atoms with Crippen LogP contribution in [0, 0.1) is 0 Å². The minimum Gasteiger partial charge on any atom is -0.298 e. The van der Waals surface area contributed by atoms with Crippen LogP contribution in [0.1, 0.15) is 13.3 Å². The number of hydrogen-bond acceptors (Lipinski definition) is 4. The van der Waals surface area contributed by atoms with E-state index in [9.17, 15) is 4.79 Å². The maximum Gasteiger partial charge on any atom is 0.148 e. The second-order valence-electron chi connectivity index (χ2n) is 1.84. The van der Waals surface area contributed by atoms with Gasteiger partial charge in [-0.05, 0) is 19.1 Å². The van der Waals surface area contributed by atoms with Crippen LogP contribution in [0.15, 0.2) is 0 Å². The van der Waals surface area contributed by atoms with Crippen LogP contribution in [0.5, 0.6) is 0 Å². The SMILES string of the molecule is CC(=O)C(CCS)NN. The molecule has 0 amide bonds. The van der Waals surface area contributed by atoms with Gasteiger partial charge in [0.1, 0.15) is 5.78 Å². The average molecular weight is 148 g/mol. The van der Waals surface area contributed by atoms with Crippen LogP contribution in [0.2, 0.25) is 0 Å². The summed E-state index contributed by atoms with van der Waals surface area (Å²) in [4.78, 5) is 10.6. The molecule has 0 aliphatic heterocycles. The van der Waals surface area contributed by atoms with E-state index in [1.54, 1.807) is 0 Å². The van der Waals surface area contributed by atoms with Crippen molar-refractivity contribution in [1.82, 2.24) is 5.43 Å². The molecule has 0 fully saturated rings. The molecule has 9 heavy (non-hydrogen) atoms. The molecule has 0 aromatic rings. The number of rotatable bonds is 4. The molecule has 0 spiro atoms. The first-order valence-electron chi connectivity index (χ1n) is 2.79. The largest absolute Gasteiger partial charge is 0.298 e. The predicted molar refractivity (Wildman–Crippen MR) is 40.3 cm³/mol. The van der Waals surface area contributed by atoms with Gasteiger partial charge in [-0.1, -0.05) is 0 Å². The van der Waals surface area contributed by atoms with Crippen molar-refractivity contribution in [3.63, 3.8) is 0 Å². The Labute approximate surface area is 60.4 Å². The van der Waals surface area contributed by atoms with Crippen LogP contribution >= 0.6 is 12.6 Å². The first-order valence-corrected chi connectivity index (χ1v) is 3.43.